The van der Waals surface area contributed by atoms with Crippen molar-refractivity contribution in [3.05, 3.63) is 47.3 Å². The van der Waals surface area contributed by atoms with Gasteiger partial charge in [-0.1, -0.05) is 17.7 Å². The van der Waals surface area contributed by atoms with Gasteiger partial charge in [-0.25, -0.2) is 0 Å². The van der Waals surface area contributed by atoms with Crippen LogP contribution < -0.4 is 11.1 Å². The van der Waals surface area contributed by atoms with Gasteiger partial charge in [0.15, 0.2) is 5.69 Å². The Kier molecular flexibility index (Phi) is 3.84. The number of primary amides is 1. The van der Waals surface area contributed by atoms with Gasteiger partial charge in [0.25, 0.3) is 11.8 Å². The number of carbonyl (C=O) groups is 2. The number of aryl methyl sites for hydroxylation is 2. The highest BCUT2D eigenvalue weighted by molar-refractivity contribution is 6.08. The highest BCUT2D eigenvalue weighted by Crippen LogP contribution is 2.15. The molecule has 6 heteroatoms. The summed E-state index contributed by atoms with van der Waals surface area (Å²) in [6, 6.07) is 7.18. The monoisotopic (exact) mass is 272 g/mol. The summed E-state index contributed by atoms with van der Waals surface area (Å²) in [4.78, 5) is 23.5. The lowest BCUT2D eigenvalue weighted by Crippen LogP contribution is -2.18. The molecule has 20 heavy (non-hydrogen) atoms. The van der Waals surface area contributed by atoms with Crippen molar-refractivity contribution in [2.75, 3.05) is 5.32 Å². The van der Waals surface area contributed by atoms with E-state index in [0.29, 0.717) is 17.8 Å². The maximum atomic E-state index is 12.1. The van der Waals surface area contributed by atoms with E-state index in [-0.39, 0.29) is 11.6 Å². The molecule has 1 heterocycles. The molecule has 0 spiro atoms. The Morgan fingerprint density at radius 1 is 1.40 bits per heavy atom. The smallest absolute Gasteiger partial charge is 0.271 e. The average molecular weight is 272 g/mol. The third-order valence-corrected chi connectivity index (χ3v) is 2.85. The van der Waals surface area contributed by atoms with Gasteiger partial charge in [-0.3, -0.25) is 14.3 Å². The van der Waals surface area contributed by atoms with Crippen LogP contribution in [0.5, 0.6) is 0 Å². The van der Waals surface area contributed by atoms with Crippen LogP contribution in [-0.4, -0.2) is 21.6 Å². The van der Waals surface area contributed by atoms with Crippen LogP contribution in [0, 0.1) is 6.92 Å². The predicted octanol–water partition coefficient (Wildman–Crippen LogP) is 1.56. The summed E-state index contributed by atoms with van der Waals surface area (Å²) in [5.74, 6) is -0.969. The van der Waals surface area contributed by atoms with Crippen molar-refractivity contribution in [2.24, 2.45) is 5.73 Å². The molecule has 104 valence electrons. The molecule has 6 nitrogen and oxygen atoms in total. The van der Waals surface area contributed by atoms with Crippen LogP contribution in [0.4, 0.5) is 5.69 Å². The van der Waals surface area contributed by atoms with Gasteiger partial charge in [-0.2, -0.15) is 5.10 Å². The van der Waals surface area contributed by atoms with Crippen molar-refractivity contribution in [3.8, 4) is 0 Å². The Hall–Kier alpha value is -2.63. The molecule has 1 aromatic carbocycles. The van der Waals surface area contributed by atoms with Crippen LogP contribution in [0.25, 0.3) is 0 Å². The van der Waals surface area contributed by atoms with Crippen LogP contribution in [0.3, 0.4) is 0 Å². The molecule has 0 aliphatic heterocycles. The Balaban J connectivity index is 2.27. The molecule has 2 amide bonds. The lowest BCUT2D eigenvalue weighted by molar-refractivity contribution is 0.0995. The number of benzene rings is 1. The SMILES string of the molecule is CCn1cc(NC(=O)c2cccc(C)c2)c(C(N)=O)n1. The standard InChI is InChI=1S/C14H16N4O2/c1-3-18-8-11(12(17-18)13(15)19)16-14(20)10-6-4-5-9(2)7-10/h4-8H,3H2,1-2H3,(H2,15,19)(H,16,20). The largest absolute Gasteiger partial charge is 0.364 e. The fourth-order valence-corrected chi connectivity index (χ4v) is 1.84. The van der Waals surface area contributed by atoms with Gasteiger partial charge in [0.1, 0.15) is 0 Å². The quantitative estimate of drug-likeness (QED) is 0.885. The van der Waals surface area contributed by atoms with E-state index in [0.717, 1.165) is 5.56 Å². The summed E-state index contributed by atoms with van der Waals surface area (Å²) in [5.41, 5.74) is 7.14. The van der Waals surface area contributed by atoms with E-state index in [1.165, 1.54) is 0 Å². The molecule has 0 saturated carbocycles. The number of nitrogens with two attached hydrogens (primary N) is 1. The van der Waals surface area contributed by atoms with Crippen molar-refractivity contribution in [3.63, 3.8) is 0 Å². The molecule has 1 aromatic heterocycles. The molecule has 0 aliphatic carbocycles. The third kappa shape index (κ3) is 2.85. The number of aromatic nitrogens is 2. The molecule has 0 unspecified atom stereocenters. The van der Waals surface area contributed by atoms with Gasteiger partial charge in [0.05, 0.1) is 5.69 Å². The minimum atomic E-state index is -0.670. The van der Waals surface area contributed by atoms with Crippen LogP contribution in [-0.2, 0) is 6.54 Å². The first-order chi connectivity index (χ1) is 9.51. The number of hydrogen-bond acceptors (Lipinski definition) is 3. The fourth-order valence-electron chi connectivity index (χ4n) is 1.84. The van der Waals surface area contributed by atoms with E-state index in [9.17, 15) is 9.59 Å². The maximum Gasteiger partial charge on any atom is 0.271 e. The summed E-state index contributed by atoms with van der Waals surface area (Å²) < 4.78 is 1.55. The maximum absolute atomic E-state index is 12.1. The lowest BCUT2D eigenvalue weighted by atomic mass is 10.1. The van der Waals surface area contributed by atoms with Gasteiger partial charge in [-0.15, -0.1) is 0 Å². The van der Waals surface area contributed by atoms with Crippen molar-refractivity contribution in [2.45, 2.75) is 20.4 Å². The zero-order valence-electron chi connectivity index (χ0n) is 11.4. The molecule has 0 radical (unpaired) electrons. The van der Waals surface area contributed by atoms with Gasteiger partial charge < -0.3 is 11.1 Å². The van der Waals surface area contributed by atoms with Crippen molar-refractivity contribution >= 4 is 17.5 Å². The lowest BCUT2D eigenvalue weighted by Gasteiger charge is -2.04. The van der Waals surface area contributed by atoms with Crippen LogP contribution in [0.1, 0.15) is 33.3 Å². The molecular weight excluding hydrogens is 256 g/mol. The predicted molar refractivity (Wildman–Crippen MR) is 75.6 cm³/mol. The van der Waals surface area contributed by atoms with Gasteiger partial charge in [0.2, 0.25) is 0 Å². The molecule has 0 fully saturated rings. The first kappa shape index (κ1) is 13.8. The number of anilines is 1. The minimum Gasteiger partial charge on any atom is -0.364 e. The first-order valence-corrected chi connectivity index (χ1v) is 6.26. The molecular formula is C14H16N4O2. The molecule has 0 atom stereocenters. The molecule has 2 rings (SSSR count). The molecule has 0 bridgehead atoms. The van der Waals surface area contributed by atoms with Crippen LogP contribution >= 0.6 is 0 Å². The second-order valence-electron chi connectivity index (χ2n) is 4.43. The number of amides is 2. The third-order valence-electron chi connectivity index (χ3n) is 2.85. The zero-order chi connectivity index (χ0) is 14.7. The minimum absolute atomic E-state index is 0.0628. The Morgan fingerprint density at radius 2 is 2.15 bits per heavy atom. The van der Waals surface area contributed by atoms with E-state index >= 15 is 0 Å². The van der Waals surface area contributed by atoms with Crippen molar-refractivity contribution in [1.29, 1.82) is 0 Å². The second-order valence-corrected chi connectivity index (χ2v) is 4.43. The number of hydrogen-bond donors (Lipinski definition) is 2. The molecule has 0 aliphatic rings. The summed E-state index contributed by atoms with van der Waals surface area (Å²) in [5, 5.41) is 6.69. The normalized spacial score (nSPS) is 10.3. The van der Waals surface area contributed by atoms with Crippen LogP contribution in [0.2, 0.25) is 0 Å². The van der Waals surface area contributed by atoms with Crippen molar-refractivity contribution in [1.82, 2.24) is 9.78 Å². The van der Waals surface area contributed by atoms with E-state index in [2.05, 4.69) is 10.4 Å². The van der Waals surface area contributed by atoms with Gasteiger partial charge in [-0.05, 0) is 26.0 Å². The summed E-state index contributed by atoms with van der Waals surface area (Å²) in [7, 11) is 0. The first-order valence-electron chi connectivity index (χ1n) is 6.26. The molecule has 2 aromatic rings. The zero-order valence-corrected chi connectivity index (χ0v) is 11.4. The summed E-state index contributed by atoms with van der Waals surface area (Å²) in [6.07, 6.45) is 1.59. The van der Waals surface area contributed by atoms with Crippen molar-refractivity contribution < 1.29 is 9.59 Å². The average Bonchev–Trinajstić information content (AvgIpc) is 2.82. The number of rotatable bonds is 4. The van der Waals surface area contributed by atoms with Crippen LogP contribution in [0.15, 0.2) is 30.5 Å². The topological polar surface area (TPSA) is 90.0 Å². The number of carbonyl (C=O) groups excluding carboxylic acids is 2. The van der Waals surface area contributed by atoms with E-state index in [1.807, 2.05) is 19.9 Å². The Morgan fingerprint density at radius 3 is 2.75 bits per heavy atom. The fraction of sp³-hybridized carbons (Fsp3) is 0.214. The Labute approximate surface area is 116 Å². The molecule has 0 saturated heterocycles. The molecule has 3 N–H and O–H groups in total. The van der Waals surface area contributed by atoms with Gasteiger partial charge >= 0.3 is 0 Å². The summed E-state index contributed by atoms with van der Waals surface area (Å²) in [6.45, 7) is 4.37. The highest BCUT2D eigenvalue weighted by Gasteiger charge is 2.16. The summed E-state index contributed by atoms with van der Waals surface area (Å²) >= 11 is 0. The van der Waals surface area contributed by atoms with E-state index in [4.69, 9.17) is 5.73 Å². The number of nitrogens with zero attached hydrogens (tertiary/aromatic N) is 2. The van der Waals surface area contributed by atoms with E-state index in [1.54, 1.807) is 29.1 Å². The highest BCUT2D eigenvalue weighted by atomic mass is 16.2. The van der Waals surface area contributed by atoms with E-state index < -0.39 is 5.91 Å². The van der Waals surface area contributed by atoms with Gasteiger partial charge in [0, 0.05) is 18.3 Å². The number of nitrogens with one attached hydrogen (secondary N) is 1. The Bertz CT molecular complexity index is 661. The second kappa shape index (κ2) is 5.56.